The summed E-state index contributed by atoms with van der Waals surface area (Å²) in [4.78, 5) is 16.8. The van der Waals surface area contributed by atoms with E-state index in [0.29, 0.717) is 18.7 Å². The first kappa shape index (κ1) is 14.2. The third-order valence-electron chi connectivity index (χ3n) is 3.90. The predicted octanol–water partition coefficient (Wildman–Crippen LogP) is 2.50. The number of hydrogen-bond donors (Lipinski definition) is 0. The highest BCUT2D eigenvalue weighted by Crippen LogP contribution is 2.48. The summed E-state index contributed by atoms with van der Waals surface area (Å²) in [5.41, 5.74) is 0.0824. The van der Waals surface area contributed by atoms with E-state index in [1.807, 2.05) is 13.8 Å². The van der Waals surface area contributed by atoms with Crippen molar-refractivity contribution in [3.8, 4) is 0 Å². The van der Waals surface area contributed by atoms with E-state index in [0.717, 1.165) is 5.56 Å². The number of carbonyl (C=O) groups excluding carboxylic acids is 1. The minimum absolute atomic E-state index is 0.303. The van der Waals surface area contributed by atoms with E-state index < -0.39 is 17.2 Å². The van der Waals surface area contributed by atoms with Crippen LogP contribution in [0.4, 0.5) is 4.39 Å². The smallest absolute Gasteiger partial charge is 0.337 e. The maximum Gasteiger partial charge on any atom is 0.337 e. The molecule has 0 spiro atoms. The van der Waals surface area contributed by atoms with Crippen LogP contribution in [0.15, 0.2) is 29.3 Å². The summed E-state index contributed by atoms with van der Waals surface area (Å²) in [6.07, 6.45) is 0.0748. The molecule has 0 aliphatic carbocycles. The number of nitrogens with zero attached hydrogens (tertiary/aromatic N) is 1. The highest BCUT2D eigenvalue weighted by molar-refractivity contribution is 6.14. The predicted molar refractivity (Wildman–Crippen MR) is 75.9 cm³/mol. The lowest BCUT2D eigenvalue weighted by Crippen LogP contribution is -2.58. The van der Waals surface area contributed by atoms with Gasteiger partial charge in [-0.3, -0.25) is 4.99 Å². The van der Waals surface area contributed by atoms with E-state index in [4.69, 9.17) is 9.47 Å². The number of ether oxygens (including phenoxy) is 2. The van der Waals surface area contributed by atoms with E-state index in [1.54, 1.807) is 19.1 Å². The Balaban J connectivity index is 1.96. The molecule has 112 valence electrons. The zero-order valence-electron chi connectivity index (χ0n) is 12.4. The van der Waals surface area contributed by atoms with Crippen molar-refractivity contribution in [1.29, 1.82) is 0 Å². The Labute approximate surface area is 123 Å². The normalized spacial score (nSPS) is 29.3. The monoisotopic (exact) mass is 291 g/mol. The molecule has 0 unspecified atom stereocenters. The zero-order valence-corrected chi connectivity index (χ0v) is 12.4. The molecular formula is C16H18FNO3. The molecule has 1 aromatic carbocycles. The molecule has 2 heterocycles. The van der Waals surface area contributed by atoms with Gasteiger partial charge in [0.15, 0.2) is 5.54 Å². The van der Waals surface area contributed by atoms with Crippen LogP contribution in [0.3, 0.4) is 0 Å². The number of carbonyl (C=O) groups is 1. The quantitative estimate of drug-likeness (QED) is 0.804. The lowest BCUT2D eigenvalue weighted by Gasteiger charge is -2.37. The topological polar surface area (TPSA) is 47.9 Å². The van der Waals surface area contributed by atoms with Crippen molar-refractivity contribution in [3.05, 3.63) is 35.6 Å². The van der Waals surface area contributed by atoms with E-state index in [2.05, 4.69) is 4.99 Å². The Hall–Kier alpha value is -1.75. The van der Waals surface area contributed by atoms with Gasteiger partial charge in [-0.2, -0.15) is 0 Å². The second-order valence-electron chi connectivity index (χ2n) is 6.08. The van der Waals surface area contributed by atoms with Gasteiger partial charge < -0.3 is 9.47 Å². The average molecular weight is 291 g/mol. The number of hydrogen-bond acceptors (Lipinski definition) is 4. The van der Waals surface area contributed by atoms with E-state index >= 15 is 0 Å². The fraction of sp³-hybridized carbons (Fsp3) is 0.500. The van der Waals surface area contributed by atoms with E-state index in [-0.39, 0.29) is 11.8 Å². The molecular weight excluding hydrogens is 273 g/mol. The Morgan fingerprint density at radius 2 is 2.10 bits per heavy atom. The first-order valence-corrected chi connectivity index (χ1v) is 7.09. The molecule has 4 nitrogen and oxygen atoms in total. The molecule has 1 fully saturated rings. The third kappa shape index (κ3) is 2.16. The number of halogens is 1. The summed E-state index contributed by atoms with van der Waals surface area (Å²) in [7, 11) is 0. The van der Waals surface area contributed by atoms with Crippen LogP contribution in [0.25, 0.3) is 0 Å². The van der Waals surface area contributed by atoms with Gasteiger partial charge in [0.25, 0.3) is 0 Å². The van der Waals surface area contributed by atoms with Crippen LogP contribution in [0.2, 0.25) is 0 Å². The highest BCUT2D eigenvalue weighted by Gasteiger charge is 2.65. The molecule has 0 aromatic heterocycles. The molecule has 0 saturated carbocycles. The van der Waals surface area contributed by atoms with Gasteiger partial charge in [0.05, 0.1) is 17.9 Å². The largest absolute Gasteiger partial charge is 0.464 e. The van der Waals surface area contributed by atoms with Crippen LogP contribution in [-0.2, 0) is 14.3 Å². The molecule has 2 atom stereocenters. The van der Waals surface area contributed by atoms with Crippen LogP contribution in [0.5, 0.6) is 0 Å². The molecule has 1 aromatic rings. The molecule has 2 aliphatic heterocycles. The summed E-state index contributed by atoms with van der Waals surface area (Å²) in [5, 5.41) is 0. The van der Waals surface area contributed by atoms with Crippen molar-refractivity contribution in [1.82, 2.24) is 0 Å². The molecule has 21 heavy (non-hydrogen) atoms. The van der Waals surface area contributed by atoms with Crippen molar-refractivity contribution < 1.29 is 18.7 Å². The van der Waals surface area contributed by atoms with Crippen LogP contribution >= 0.6 is 0 Å². The van der Waals surface area contributed by atoms with E-state index in [1.165, 1.54) is 12.1 Å². The molecule has 3 rings (SSSR count). The number of fused-ring (bicyclic) bond motifs is 1. The Kier molecular flexibility index (Phi) is 3.13. The maximum atomic E-state index is 13.0. The Morgan fingerprint density at radius 3 is 2.71 bits per heavy atom. The SMILES string of the molecule is CCOC(=O)[C@]12CC(C)(C)O[C@H]1C(c1ccc(F)cc1)=N2. The van der Waals surface area contributed by atoms with Crippen molar-refractivity contribution in [2.24, 2.45) is 4.99 Å². The van der Waals surface area contributed by atoms with Gasteiger partial charge >= 0.3 is 5.97 Å². The van der Waals surface area contributed by atoms with Gasteiger partial charge in [-0.25, -0.2) is 9.18 Å². The Morgan fingerprint density at radius 1 is 1.43 bits per heavy atom. The Bertz CT molecular complexity index is 608. The van der Waals surface area contributed by atoms with Crippen LogP contribution in [0.1, 0.15) is 32.8 Å². The molecule has 0 radical (unpaired) electrons. The maximum absolute atomic E-state index is 13.0. The van der Waals surface area contributed by atoms with Crippen LogP contribution in [0, 0.1) is 5.82 Å². The van der Waals surface area contributed by atoms with Gasteiger partial charge in [-0.1, -0.05) is 12.1 Å². The van der Waals surface area contributed by atoms with E-state index in [9.17, 15) is 9.18 Å². The van der Waals surface area contributed by atoms with Gasteiger partial charge in [0.2, 0.25) is 0 Å². The standard InChI is InChI=1S/C16H18FNO3/c1-4-20-14(19)16-9-15(2,3)21-13(16)12(18-16)10-5-7-11(17)8-6-10/h5-8,13H,4,9H2,1-3H3/t13-,16-/m0/s1. The summed E-state index contributed by atoms with van der Waals surface area (Å²) < 4.78 is 24.2. The van der Waals surface area contributed by atoms with Crippen molar-refractivity contribution in [2.45, 2.75) is 44.4 Å². The molecule has 0 bridgehead atoms. The summed E-state index contributed by atoms with van der Waals surface area (Å²) in [6, 6.07) is 6.06. The molecule has 5 heteroatoms. The average Bonchev–Trinajstić information content (AvgIpc) is 2.62. The first-order valence-electron chi connectivity index (χ1n) is 7.09. The van der Waals surface area contributed by atoms with Crippen LogP contribution in [-0.4, -0.2) is 35.5 Å². The number of benzene rings is 1. The van der Waals surface area contributed by atoms with Crippen LogP contribution < -0.4 is 0 Å². The molecule has 0 amide bonds. The van der Waals surface area contributed by atoms with Crippen molar-refractivity contribution in [3.63, 3.8) is 0 Å². The van der Waals surface area contributed by atoms with Gasteiger partial charge in [0.1, 0.15) is 11.9 Å². The molecule has 2 aliphatic rings. The summed E-state index contributed by atoms with van der Waals surface area (Å²) in [6.45, 7) is 5.96. The summed E-state index contributed by atoms with van der Waals surface area (Å²) in [5.74, 6) is -0.644. The second kappa shape index (κ2) is 4.63. The number of esters is 1. The fourth-order valence-electron chi connectivity index (χ4n) is 3.10. The molecule has 0 N–H and O–H groups in total. The fourth-order valence-corrected chi connectivity index (χ4v) is 3.10. The minimum atomic E-state index is -0.941. The van der Waals surface area contributed by atoms with Crippen molar-refractivity contribution in [2.75, 3.05) is 6.61 Å². The lowest BCUT2D eigenvalue weighted by molar-refractivity contribution is -0.151. The number of rotatable bonds is 3. The van der Waals surface area contributed by atoms with Crippen molar-refractivity contribution >= 4 is 11.7 Å². The second-order valence-corrected chi connectivity index (χ2v) is 6.08. The minimum Gasteiger partial charge on any atom is -0.464 e. The van der Waals surface area contributed by atoms with Gasteiger partial charge in [-0.15, -0.1) is 0 Å². The van der Waals surface area contributed by atoms with Gasteiger partial charge in [-0.05, 0) is 38.5 Å². The zero-order chi connectivity index (χ0) is 15.3. The van der Waals surface area contributed by atoms with Gasteiger partial charge in [0, 0.05) is 6.42 Å². The number of aliphatic imine (C=N–C) groups is 1. The first-order chi connectivity index (χ1) is 9.88. The third-order valence-corrected chi connectivity index (χ3v) is 3.90. The summed E-state index contributed by atoms with van der Waals surface area (Å²) >= 11 is 0. The highest BCUT2D eigenvalue weighted by atomic mass is 19.1. The molecule has 1 saturated heterocycles. The lowest BCUT2D eigenvalue weighted by atomic mass is 9.77.